The highest BCUT2D eigenvalue weighted by Crippen LogP contribution is 2.53. The van der Waals surface area contributed by atoms with Crippen molar-refractivity contribution in [3.63, 3.8) is 0 Å². The van der Waals surface area contributed by atoms with Crippen LogP contribution in [0.25, 0.3) is 5.57 Å². The van der Waals surface area contributed by atoms with E-state index in [1.165, 1.54) is 5.56 Å². The molecular weight excluding hydrogens is 294 g/mol. The summed E-state index contributed by atoms with van der Waals surface area (Å²) < 4.78 is 16.5. The van der Waals surface area contributed by atoms with Gasteiger partial charge in [0.25, 0.3) is 0 Å². The van der Waals surface area contributed by atoms with Crippen LogP contribution in [0, 0.1) is 0 Å². The van der Waals surface area contributed by atoms with E-state index in [-0.39, 0.29) is 18.1 Å². The van der Waals surface area contributed by atoms with E-state index < -0.39 is 0 Å². The Labute approximate surface area is 134 Å². The minimum atomic E-state index is -0.242. The lowest BCUT2D eigenvalue weighted by Crippen LogP contribution is -2.41. The van der Waals surface area contributed by atoms with Gasteiger partial charge in [-0.3, -0.25) is 4.90 Å². The largest absolute Gasteiger partial charge is 0.504 e. The Hall–Kier alpha value is -2.14. The SMILES string of the molecule is COC1=CC23CCCN2CCc2cc4c(cc2C3=C1O)OCO4. The van der Waals surface area contributed by atoms with E-state index >= 15 is 0 Å². The molecule has 120 valence electrons. The first-order valence-electron chi connectivity index (χ1n) is 8.12. The van der Waals surface area contributed by atoms with Crippen LogP contribution in [0.2, 0.25) is 0 Å². The molecule has 1 N–H and O–H groups in total. The van der Waals surface area contributed by atoms with Crippen LogP contribution in [0.5, 0.6) is 11.5 Å². The third-order valence-electron chi connectivity index (χ3n) is 5.56. The molecule has 0 bridgehead atoms. The van der Waals surface area contributed by atoms with Gasteiger partial charge in [0.2, 0.25) is 6.79 Å². The van der Waals surface area contributed by atoms with E-state index in [0.717, 1.165) is 55.0 Å². The highest BCUT2D eigenvalue weighted by atomic mass is 16.7. The van der Waals surface area contributed by atoms with E-state index in [1.807, 2.05) is 6.07 Å². The summed E-state index contributed by atoms with van der Waals surface area (Å²) in [5, 5.41) is 10.8. The van der Waals surface area contributed by atoms with Crippen LogP contribution in [0.4, 0.5) is 0 Å². The molecule has 1 saturated heterocycles. The molecule has 5 rings (SSSR count). The number of rotatable bonds is 1. The summed E-state index contributed by atoms with van der Waals surface area (Å²) in [5.41, 5.74) is 3.00. The van der Waals surface area contributed by atoms with Gasteiger partial charge in [-0.2, -0.15) is 0 Å². The van der Waals surface area contributed by atoms with Gasteiger partial charge < -0.3 is 19.3 Å². The number of fused-ring (bicyclic) bond motifs is 3. The van der Waals surface area contributed by atoms with Gasteiger partial charge in [-0.25, -0.2) is 0 Å². The molecule has 1 unspecified atom stereocenters. The Morgan fingerprint density at radius 2 is 2.04 bits per heavy atom. The second-order valence-corrected chi connectivity index (χ2v) is 6.56. The van der Waals surface area contributed by atoms with Crippen molar-refractivity contribution in [1.82, 2.24) is 4.90 Å². The second-order valence-electron chi connectivity index (χ2n) is 6.56. The molecule has 0 aromatic heterocycles. The summed E-state index contributed by atoms with van der Waals surface area (Å²) in [4.78, 5) is 2.47. The number of aliphatic hydroxyl groups is 1. The maximum Gasteiger partial charge on any atom is 0.231 e. The van der Waals surface area contributed by atoms with Gasteiger partial charge in [-0.05, 0) is 55.1 Å². The fraction of sp³-hybridized carbons (Fsp3) is 0.444. The van der Waals surface area contributed by atoms with E-state index in [0.29, 0.717) is 5.76 Å². The van der Waals surface area contributed by atoms with Gasteiger partial charge in [0.1, 0.15) is 0 Å². The highest BCUT2D eigenvalue weighted by molar-refractivity contribution is 5.86. The summed E-state index contributed by atoms with van der Waals surface area (Å²) in [6.07, 6.45) is 5.18. The fourth-order valence-corrected chi connectivity index (χ4v) is 4.54. The van der Waals surface area contributed by atoms with E-state index in [1.54, 1.807) is 7.11 Å². The Morgan fingerprint density at radius 1 is 1.22 bits per heavy atom. The monoisotopic (exact) mass is 313 g/mol. The highest BCUT2D eigenvalue weighted by Gasteiger charge is 2.51. The third-order valence-corrected chi connectivity index (χ3v) is 5.56. The van der Waals surface area contributed by atoms with Crippen molar-refractivity contribution < 1.29 is 19.3 Å². The summed E-state index contributed by atoms with van der Waals surface area (Å²) in [5.74, 6) is 2.41. The van der Waals surface area contributed by atoms with Crippen molar-refractivity contribution >= 4 is 5.57 Å². The van der Waals surface area contributed by atoms with Crippen molar-refractivity contribution in [2.24, 2.45) is 0 Å². The van der Waals surface area contributed by atoms with Crippen molar-refractivity contribution in [2.45, 2.75) is 24.8 Å². The Balaban J connectivity index is 1.77. The molecule has 1 aliphatic carbocycles. The van der Waals surface area contributed by atoms with Crippen LogP contribution in [-0.4, -0.2) is 42.5 Å². The molecule has 1 fully saturated rings. The van der Waals surface area contributed by atoms with Crippen LogP contribution in [0.3, 0.4) is 0 Å². The Bertz CT molecular complexity index is 767. The standard InChI is InChI=1S/C18H19NO4/c1-21-15-9-18-4-2-5-19(18)6-3-11-7-13-14(23-10-22-13)8-12(11)16(18)17(15)20/h7-9,20H,2-6,10H2,1H3. The summed E-state index contributed by atoms with van der Waals surface area (Å²) in [7, 11) is 1.62. The van der Waals surface area contributed by atoms with Gasteiger partial charge in [0.05, 0.1) is 12.6 Å². The van der Waals surface area contributed by atoms with Crippen LogP contribution < -0.4 is 9.47 Å². The zero-order valence-corrected chi connectivity index (χ0v) is 13.1. The number of aliphatic hydroxyl groups excluding tert-OH is 1. The van der Waals surface area contributed by atoms with Crippen LogP contribution in [0.1, 0.15) is 24.0 Å². The first-order chi connectivity index (χ1) is 11.2. The van der Waals surface area contributed by atoms with E-state index in [9.17, 15) is 5.11 Å². The molecule has 4 aliphatic rings. The number of hydrogen-bond donors (Lipinski definition) is 1. The minimum absolute atomic E-state index is 0.242. The van der Waals surface area contributed by atoms with Gasteiger partial charge in [0, 0.05) is 12.1 Å². The molecule has 1 aromatic rings. The number of ether oxygens (including phenoxy) is 3. The molecular formula is C18H19NO4. The van der Waals surface area contributed by atoms with Crippen LogP contribution in [0.15, 0.2) is 29.7 Å². The van der Waals surface area contributed by atoms with Gasteiger partial charge in [-0.1, -0.05) is 0 Å². The van der Waals surface area contributed by atoms with Crippen LogP contribution in [-0.2, 0) is 11.2 Å². The van der Waals surface area contributed by atoms with Gasteiger partial charge in [-0.15, -0.1) is 0 Å². The fourth-order valence-electron chi connectivity index (χ4n) is 4.54. The van der Waals surface area contributed by atoms with Crippen molar-refractivity contribution in [2.75, 3.05) is 27.0 Å². The van der Waals surface area contributed by atoms with Crippen molar-refractivity contribution in [1.29, 1.82) is 0 Å². The zero-order chi connectivity index (χ0) is 15.6. The predicted molar refractivity (Wildman–Crippen MR) is 84.4 cm³/mol. The normalized spacial score (nSPS) is 28.1. The first kappa shape index (κ1) is 13.3. The zero-order valence-electron chi connectivity index (χ0n) is 13.1. The number of nitrogens with zero attached hydrogens (tertiary/aromatic N) is 1. The topological polar surface area (TPSA) is 51.2 Å². The molecule has 23 heavy (non-hydrogen) atoms. The number of methoxy groups -OCH3 is 1. The minimum Gasteiger partial charge on any atom is -0.504 e. The summed E-state index contributed by atoms with van der Waals surface area (Å²) in [6, 6.07) is 4.10. The molecule has 1 aromatic carbocycles. The van der Waals surface area contributed by atoms with Gasteiger partial charge >= 0.3 is 0 Å². The third kappa shape index (κ3) is 1.60. The Morgan fingerprint density at radius 3 is 2.87 bits per heavy atom. The molecule has 5 heteroatoms. The number of hydrogen-bond acceptors (Lipinski definition) is 5. The summed E-state index contributed by atoms with van der Waals surface area (Å²) in [6.45, 7) is 2.28. The summed E-state index contributed by atoms with van der Waals surface area (Å²) >= 11 is 0. The molecule has 0 amide bonds. The smallest absolute Gasteiger partial charge is 0.231 e. The van der Waals surface area contributed by atoms with E-state index in [4.69, 9.17) is 14.2 Å². The molecule has 0 radical (unpaired) electrons. The second kappa shape index (κ2) is 4.45. The average molecular weight is 313 g/mol. The maximum absolute atomic E-state index is 10.8. The van der Waals surface area contributed by atoms with E-state index in [2.05, 4.69) is 17.0 Å². The lowest BCUT2D eigenvalue weighted by molar-refractivity contribution is 0.174. The molecule has 1 spiro atoms. The number of benzene rings is 1. The molecule has 0 saturated carbocycles. The molecule has 1 atom stereocenters. The average Bonchev–Trinajstić information content (AvgIpc) is 3.21. The predicted octanol–water partition coefficient (Wildman–Crippen LogP) is 2.62. The first-order valence-corrected chi connectivity index (χ1v) is 8.12. The molecule has 3 aliphatic heterocycles. The quantitative estimate of drug-likeness (QED) is 0.864. The van der Waals surface area contributed by atoms with Crippen molar-refractivity contribution in [3.05, 3.63) is 40.9 Å². The van der Waals surface area contributed by atoms with Crippen molar-refractivity contribution in [3.8, 4) is 11.5 Å². The molecule has 5 nitrogen and oxygen atoms in total. The maximum atomic E-state index is 10.8. The van der Waals surface area contributed by atoms with Gasteiger partial charge in [0.15, 0.2) is 23.0 Å². The lowest BCUT2D eigenvalue weighted by atomic mass is 9.84. The lowest BCUT2D eigenvalue weighted by Gasteiger charge is -2.34. The molecule has 3 heterocycles. The Kier molecular flexibility index (Phi) is 2.57. The van der Waals surface area contributed by atoms with Crippen LogP contribution >= 0.6 is 0 Å².